The molecule has 1 fully saturated rings. The van der Waals surface area contributed by atoms with Gasteiger partial charge in [0.05, 0.1) is 5.75 Å². The Bertz CT molecular complexity index is 530. The maximum Gasteiger partial charge on any atom is 0.217 e. The van der Waals surface area contributed by atoms with Crippen molar-refractivity contribution in [2.75, 3.05) is 24.6 Å². The molecule has 6 heteroatoms. The molecule has 0 spiro atoms. The van der Waals surface area contributed by atoms with E-state index < -0.39 is 10.0 Å². The van der Waals surface area contributed by atoms with Gasteiger partial charge in [0.1, 0.15) is 12.4 Å². The summed E-state index contributed by atoms with van der Waals surface area (Å²) >= 11 is 0. The highest BCUT2D eigenvalue weighted by Gasteiger charge is 2.30. The van der Waals surface area contributed by atoms with Gasteiger partial charge in [-0.3, -0.25) is 0 Å². The molecule has 1 unspecified atom stereocenters. The first-order valence-electron chi connectivity index (χ1n) is 6.47. The molecule has 0 bridgehead atoms. The minimum Gasteiger partial charge on any atom is -0.492 e. The van der Waals surface area contributed by atoms with Crippen LogP contribution in [0.2, 0.25) is 0 Å². The summed E-state index contributed by atoms with van der Waals surface area (Å²) in [5, 5.41) is 0. The fourth-order valence-electron chi connectivity index (χ4n) is 2.31. The number of nitrogens with zero attached hydrogens (tertiary/aromatic N) is 1. The van der Waals surface area contributed by atoms with Gasteiger partial charge < -0.3 is 10.5 Å². The Morgan fingerprint density at radius 3 is 2.89 bits per heavy atom. The predicted molar refractivity (Wildman–Crippen MR) is 75.5 cm³/mol. The molecule has 2 rings (SSSR count). The first kappa shape index (κ1) is 14.1. The molecule has 19 heavy (non-hydrogen) atoms. The highest BCUT2D eigenvalue weighted by Crippen LogP contribution is 2.21. The van der Waals surface area contributed by atoms with Gasteiger partial charge in [0.25, 0.3) is 0 Å². The van der Waals surface area contributed by atoms with Crippen LogP contribution in [0.5, 0.6) is 5.75 Å². The van der Waals surface area contributed by atoms with Gasteiger partial charge in [-0.15, -0.1) is 0 Å². The SMILES string of the molecule is CC1CCCN1S(=O)(=O)CCOc1cccc(N)c1. The van der Waals surface area contributed by atoms with Crippen LogP contribution in [0, 0.1) is 0 Å². The average Bonchev–Trinajstić information content (AvgIpc) is 2.76. The average molecular weight is 284 g/mol. The molecule has 0 aliphatic carbocycles. The van der Waals surface area contributed by atoms with Gasteiger partial charge in [0, 0.05) is 24.3 Å². The van der Waals surface area contributed by atoms with E-state index in [4.69, 9.17) is 10.5 Å². The van der Waals surface area contributed by atoms with Crippen LogP contribution in [-0.4, -0.2) is 37.7 Å². The van der Waals surface area contributed by atoms with Crippen molar-refractivity contribution in [3.63, 3.8) is 0 Å². The van der Waals surface area contributed by atoms with E-state index in [-0.39, 0.29) is 18.4 Å². The van der Waals surface area contributed by atoms with Crippen LogP contribution in [0.3, 0.4) is 0 Å². The van der Waals surface area contributed by atoms with Crippen molar-refractivity contribution >= 4 is 15.7 Å². The van der Waals surface area contributed by atoms with E-state index in [1.807, 2.05) is 6.92 Å². The summed E-state index contributed by atoms with van der Waals surface area (Å²) < 4.78 is 31.3. The van der Waals surface area contributed by atoms with Crippen molar-refractivity contribution in [2.45, 2.75) is 25.8 Å². The highest BCUT2D eigenvalue weighted by atomic mass is 32.2. The first-order valence-corrected chi connectivity index (χ1v) is 8.08. The van der Waals surface area contributed by atoms with Crippen LogP contribution in [0.1, 0.15) is 19.8 Å². The summed E-state index contributed by atoms with van der Waals surface area (Å²) in [7, 11) is -3.21. The van der Waals surface area contributed by atoms with Crippen LogP contribution >= 0.6 is 0 Å². The van der Waals surface area contributed by atoms with Crippen molar-refractivity contribution < 1.29 is 13.2 Å². The lowest BCUT2D eigenvalue weighted by molar-refractivity contribution is 0.333. The third-order valence-corrected chi connectivity index (χ3v) is 5.26. The van der Waals surface area contributed by atoms with Crippen LogP contribution in [0.4, 0.5) is 5.69 Å². The Balaban J connectivity index is 1.88. The van der Waals surface area contributed by atoms with Crippen LogP contribution < -0.4 is 10.5 Å². The van der Waals surface area contributed by atoms with E-state index in [0.717, 1.165) is 12.8 Å². The van der Waals surface area contributed by atoms with Crippen LogP contribution in [-0.2, 0) is 10.0 Å². The number of nitrogen functional groups attached to an aromatic ring is 1. The fourth-order valence-corrected chi connectivity index (χ4v) is 3.90. The zero-order chi connectivity index (χ0) is 13.9. The molecule has 1 saturated heterocycles. The molecule has 1 heterocycles. The van der Waals surface area contributed by atoms with E-state index >= 15 is 0 Å². The van der Waals surface area contributed by atoms with E-state index in [1.165, 1.54) is 0 Å². The minimum atomic E-state index is -3.21. The Morgan fingerprint density at radius 1 is 1.47 bits per heavy atom. The van der Waals surface area contributed by atoms with E-state index in [1.54, 1.807) is 28.6 Å². The van der Waals surface area contributed by atoms with Crippen LogP contribution in [0.25, 0.3) is 0 Å². The number of anilines is 1. The van der Waals surface area contributed by atoms with E-state index in [9.17, 15) is 8.42 Å². The van der Waals surface area contributed by atoms with Crippen molar-refractivity contribution in [2.24, 2.45) is 0 Å². The van der Waals surface area contributed by atoms with Gasteiger partial charge in [0.2, 0.25) is 10.0 Å². The van der Waals surface area contributed by atoms with Crippen molar-refractivity contribution in [3.05, 3.63) is 24.3 Å². The number of sulfonamides is 1. The largest absolute Gasteiger partial charge is 0.492 e. The molecule has 1 aromatic carbocycles. The number of hydrogen-bond donors (Lipinski definition) is 1. The number of ether oxygens (including phenoxy) is 1. The number of hydrogen-bond acceptors (Lipinski definition) is 4. The lowest BCUT2D eigenvalue weighted by Gasteiger charge is -2.20. The summed E-state index contributed by atoms with van der Waals surface area (Å²) in [6.07, 6.45) is 1.88. The fraction of sp³-hybridized carbons (Fsp3) is 0.538. The van der Waals surface area contributed by atoms with Crippen molar-refractivity contribution in [1.82, 2.24) is 4.31 Å². The molecule has 2 N–H and O–H groups in total. The standard InChI is InChI=1S/C13H20N2O3S/c1-11-4-3-7-15(11)19(16,17)9-8-18-13-6-2-5-12(14)10-13/h2,5-6,10-11H,3-4,7-9,14H2,1H3. The maximum absolute atomic E-state index is 12.1. The Morgan fingerprint density at radius 2 is 2.26 bits per heavy atom. The molecule has 0 radical (unpaired) electrons. The van der Waals surface area contributed by atoms with Gasteiger partial charge >= 0.3 is 0 Å². The Labute approximate surface area is 114 Å². The lowest BCUT2D eigenvalue weighted by atomic mass is 10.3. The summed E-state index contributed by atoms with van der Waals surface area (Å²) in [5.74, 6) is 0.608. The number of nitrogens with two attached hydrogens (primary N) is 1. The Kier molecular flexibility index (Phi) is 4.31. The number of benzene rings is 1. The first-order chi connectivity index (χ1) is 8.99. The second-order valence-electron chi connectivity index (χ2n) is 4.84. The smallest absolute Gasteiger partial charge is 0.217 e. The summed E-state index contributed by atoms with van der Waals surface area (Å²) in [6.45, 7) is 2.72. The van der Waals surface area contributed by atoms with Crippen molar-refractivity contribution in [3.8, 4) is 5.75 Å². The molecule has 0 aromatic heterocycles. The molecular formula is C13H20N2O3S. The maximum atomic E-state index is 12.1. The van der Waals surface area contributed by atoms with Gasteiger partial charge in [-0.05, 0) is 31.9 Å². The number of rotatable bonds is 5. The second kappa shape index (κ2) is 5.79. The quantitative estimate of drug-likeness (QED) is 0.831. The zero-order valence-electron chi connectivity index (χ0n) is 11.1. The predicted octanol–water partition coefficient (Wildman–Crippen LogP) is 1.46. The molecular weight excluding hydrogens is 264 g/mol. The molecule has 1 atom stereocenters. The molecule has 106 valence electrons. The monoisotopic (exact) mass is 284 g/mol. The third-order valence-electron chi connectivity index (χ3n) is 3.32. The van der Waals surface area contributed by atoms with Crippen molar-refractivity contribution in [1.29, 1.82) is 0 Å². The highest BCUT2D eigenvalue weighted by molar-refractivity contribution is 7.89. The molecule has 0 saturated carbocycles. The summed E-state index contributed by atoms with van der Waals surface area (Å²) in [5.41, 5.74) is 6.23. The van der Waals surface area contributed by atoms with Crippen LogP contribution in [0.15, 0.2) is 24.3 Å². The summed E-state index contributed by atoms with van der Waals surface area (Å²) in [4.78, 5) is 0. The molecule has 1 aromatic rings. The third kappa shape index (κ3) is 3.61. The topological polar surface area (TPSA) is 72.6 Å². The molecule has 1 aliphatic heterocycles. The minimum absolute atomic E-state index is 0.00609. The van der Waals surface area contributed by atoms with E-state index in [0.29, 0.717) is 18.0 Å². The lowest BCUT2D eigenvalue weighted by Crippen LogP contribution is -2.36. The normalized spacial score (nSPS) is 20.6. The molecule has 0 amide bonds. The van der Waals surface area contributed by atoms with Gasteiger partial charge in [-0.2, -0.15) is 4.31 Å². The van der Waals surface area contributed by atoms with Gasteiger partial charge in [-0.1, -0.05) is 6.07 Å². The zero-order valence-corrected chi connectivity index (χ0v) is 11.9. The second-order valence-corrected chi connectivity index (χ2v) is 6.88. The van der Waals surface area contributed by atoms with E-state index in [2.05, 4.69) is 0 Å². The van der Waals surface area contributed by atoms with Gasteiger partial charge in [0.15, 0.2) is 0 Å². The van der Waals surface area contributed by atoms with Gasteiger partial charge in [-0.25, -0.2) is 8.42 Å². The molecule has 1 aliphatic rings. The molecule has 5 nitrogen and oxygen atoms in total. The Hall–Kier alpha value is -1.27. The summed E-state index contributed by atoms with van der Waals surface area (Å²) in [6, 6.07) is 7.10.